The Bertz CT molecular complexity index is 609. The van der Waals surface area contributed by atoms with Crippen LogP contribution in [0.25, 0.3) is 11.1 Å². The zero-order valence-electron chi connectivity index (χ0n) is 14.5. The molecule has 1 nitrogen and oxygen atoms in total. The number of hydrogen-bond donors (Lipinski definition) is 0. The molecule has 0 bridgehead atoms. The van der Waals surface area contributed by atoms with E-state index in [1.54, 1.807) is 0 Å². The van der Waals surface area contributed by atoms with E-state index in [0.717, 1.165) is 30.1 Å². The van der Waals surface area contributed by atoms with Gasteiger partial charge in [-0.3, -0.25) is 0 Å². The molecule has 0 heterocycles. The van der Waals surface area contributed by atoms with Crippen molar-refractivity contribution in [1.82, 2.24) is 0 Å². The molecule has 0 N–H and O–H groups in total. The van der Waals surface area contributed by atoms with Crippen LogP contribution in [0, 0.1) is 5.92 Å². The van der Waals surface area contributed by atoms with Crippen LogP contribution in [0.3, 0.4) is 0 Å². The van der Waals surface area contributed by atoms with Crippen molar-refractivity contribution in [2.75, 3.05) is 13.2 Å². The van der Waals surface area contributed by atoms with E-state index in [0.29, 0.717) is 0 Å². The monoisotopic (exact) mass is 342 g/mol. The third-order valence-corrected chi connectivity index (χ3v) is 5.53. The van der Waals surface area contributed by atoms with Crippen LogP contribution < -0.4 is 0 Å². The zero-order valence-corrected chi connectivity index (χ0v) is 15.3. The summed E-state index contributed by atoms with van der Waals surface area (Å²) in [5.41, 5.74) is 3.99. The molecular weight excluding hydrogens is 316 g/mol. The van der Waals surface area contributed by atoms with E-state index >= 15 is 0 Å². The first-order chi connectivity index (χ1) is 11.8. The molecule has 2 aromatic carbocycles. The Morgan fingerprint density at radius 1 is 0.875 bits per heavy atom. The minimum atomic E-state index is 0.729. The number of benzene rings is 2. The first-order valence-corrected chi connectivity index (χ1v) is 9.57. The maximum Gasteiger partial charge on any atom is 0.0468 e. The molecule has 1 aliphatic carbocycles. The van der Waals surface area contributed by atoms with Crippen molar-refractivity contribution in [3.8, 4) is 11.1 Å². The summed E-state index contributed by atoms with van der Waals surface area (Å²) in [7, 11) is 0. The van der Waals surface area contributed by atoms with Crippen LogP contribution in [0.5, 0.6) is 0 Å². The average Bonchev–Trinajstić information content (AvgIpc) is 2.63. The fourth-order valence-corrected chi connectivity index (χ4v) is 3.89. The maximum absolute atomic E-state index is 5.97. The van der Waals surface area contributed by atoms with Gasteiger partial charge in [0.2, 0.25) is 0 Å². The third kappa shape index (κ3) is 4.62. The normalized spacial score (nSPS) is 20.9. The van der Waals surface area contributed by atoms with E-state index in [9.17, 15) is 0 Å². The fraction of sp³-hybridized carbons (Fsp3) is 0.455. The third-order valence-electron chi connectivity index (χ3n) is 5.28. The summed E-state index contributed by atoms with van der Waals surface area (Å²) in [6.45, 7) is 3.85. The largest absolute Gasteiger partial charge is 0.382 e. The van der Waals surface area contributed by atoms with Crippen LogP contribution in [-0.2, 0) is 4.74 Å². The Morgan fingerprint density at radius 3 is 2.04 bits per heavy atom. The second kappa shape index (κ2) is 8.69. The number of rotatable bonds is 6. The Kier molecular flexibility index (Phi) is 6.34. The summed E-state index contributed by atoms with van der Waals surface area (Å²) in [6, 6.07) is 17.2. The lowest BCUT2D eigenvalue weighted by Gasteiger charge is -2.28. The highest BCUT2D eigenvalue weighted by molar-refractivity contribution is 6.30. The molecule has 1 fully saturated rings. The van der Waals surface area contributed by atoms with Gasteiger partial charge in [-0.05, 0) is 79.7 Å². The van der Waals surface area contributed by atoms with Crippen molar-refractivity contribution >= 4 is 11.6 Å². The molecule has 0 aromatic heterocycles. The van der Waals surface area contributed by atoms with E-state index in [4.69, 9.17) is 16.3 Å². The van der Waals surface area contributed by atoms with E-state index < -0.39 is 0 Å². The Hall–Kier alpha value is -1.31. The molecule has 0 saturated heterocycles. The molecule has 0 aliphatic heterocycles. The summed E-state index contributed by atoms with van der Waals surface area (Å²) in [5.74, 6) is 1.59. The lowest BCUT2D eigenvalue weighted by atomic mass is 9.77. The first kappa shape index (κ1) is 17.5. The van der Waals surface area contributed by atoms with Crippen molar-refractivity contribution < 1.29 is 4.74 Å². The summed E-state index contributed by atoms with van der Waals surface area (Å²) in [5, 5.41) is 0.788. The van der Waals surface area contributed by atoms with Gasteiger partial charge in [0, 0.05) is 18.2 Å². The Labute approximate surface area is 151 Å². The van der Waals surface area contributed by atoms with Crippen LogP contribution >= 0.6 is 11.6 Å². The van der Waals surface area contributed by atoms with Gasteiger partial charge in [0.25, 0.3) is 0 Å². The predicted octanol–water partition coefficient (Wildman–Crippen LogP) is 6.71. The van der Waals surface area contributed by atoms with E-state index in [2.05, 4.69) is 43.3 Å². The fourth-order valence-electron chi connectivity index (χ4n) is 3.77. The molecule has 0 radical (unpaired) electrons. The lowest BCUT2D eigenvalue weighted by molar-refractivity contribution is 0.123. The summed E-state index contributed by atoms with van der Waals surface area (Å²) in [4.78, 5) is 0. The second-order valence-corrected chi connectivity index (χ2v) is 7.27. The van der Waals surface area contributed by atoms with Gasteiger partial charge in [0.05, 0.1) is 0 Å². The second-order valence-electron chi connectivity index (χ2n) is 6.83. The highest BCUT2D eigenvalue weighted by atomic mass is 35.5. The van der Waals surface area contributed by atoms with Crippen LogP contribution in [-0.4, -0.2) is 13.2 Å². The molecule has 2 heteroatoms. The summed E-state index contributed by atoms with van der Waals surface area (Å²) < 4.78 is 5.50. The Balaban J connectivity index is 1.56. The molecule has 3 rings (SSSR count). The quantitative estimate of drug-likeness (QED) is 0.530. The molecule has 128 valence electrons. The standard InChI is InChI=1S/C22H27ClO/c1-2-24-16-15-17-3-5-18(6-4-17)19-7-9-20(10-8-19)21-11-13-22(23)14-12-21/h7-14,17-18H,2-6,15-16H2,1H3/t17-,18-. The smallest absolute Gasteiger partial charge is 0.0468 e. The van der Waals surface area contributed by atoms with Crippen molar-refractivity contribution in [2.24, 2.45) is 5.92 Å². The topological polar surface area (TPSA) is 9.23 Å². The van der Waals surface area contributed by atoms with Crippen molar-refractivity contribution in [2.45, 2.75) is 44.9 Å². The van der Waals surface area contributed by atoms with Gasteiger partial charge in [-0.2, -0.15) is 0 Å². The minimum Gasteiger partial charge on any atom is -0.382 e. The van der Waals surface area contributed by atoms with Gasteiger partial charge in [-0.25, -0.2) is 0 Å². The summed E-state index contributed by atoms with van der Waals surface area (Å²) in [6.07, 6.45) is 6.55. The van der Waals surface area contributed by atoms with Gasteiger partial charge in [-0.1, -0.05) is 48.0 Å². The highest BCUT2D eigenvalue weighted by Gasteiger charge is 2.22. The molecule has 1 saturated carbocycles. The van der Waals surface area contributed by atoms with Gasteiger partial charge in [0.15, 0.2) is 0 Å². The van der Waals surface area contributed by atoms with Gasteiger partial charge >= 0.3 is 0 Å². The van der Waals surface area contributed by atoms with Gasteiger partial charge in [-0.15, -0.1) is 0 Å². The molecule has 24 heavy (non-hydrogen) atoms. The van der Waals surface area contributed by atoms with Crippen LogP contribution in [0.2, 0.25) is 5.02 Å². The molecule has 2 aromatic rings. The lowest BCUT2D eigenvalue weighted by Crippen LogP contribution is -2.15. The minimum absolute atomic E-state index is 0.729. The van der Waals surface area contributed by atoms with Crippen molar-refractivity contribution in [3.05, 3.63) is 59.1 Å². The zero-order chi connectivity index (χ0) is 16.8. The highest BCUT2D eigenvalue weighted by Crippen LogP contribution is 2.37. The van der Waals surface area contributed by atoms with Crippen molar-refractivity contribution in [1.29, 1.82) is 0 Å². The number of halogens is 1. The van der Waals surface area contributed by atoms with E-state index in [1.807, 2.05) is 12.1 Å². The number of hydrogen-bond acceptors (Lipinski definition) is 1. The van der Waals surface area contributed by atoms with Crippen LogP contribution in [0.1, 0.15) is 50.5 Å². The van der Waals surface area contributed by atoms with E-state index in [1.165, 1.54) is 48.8 Å². The summed E-state index contributed by atoms with van der Waals surface area (Å²) >= 11 is 5.97. The first-order valence-electron chi connectivity index (χ1n) is 9.20. The molecule has 0 atom stereocenters. The SMILES string of the molecule is CCOCC[C@H]1CC[C@H](c2ccc(-c3ccc(Cl)cc3)cc2)CC1. The maximum atomic E-state index is 5.97. The molecule has 0 spiro atoms. The Morgan fingerprint density at radius 2 is 1.46 bits per heavy atom. The van der Waals surface area contributed by atoms with Gasteiger partial charge in [0.1, 0.15) is 0 Å². The van der Waals surface area contributed by atoms with Gasteiger partial charge < -0.3 is 4.74 Å². The predicted molar refractivity (Wildman–Crippen MR) is 103 cm³/mol. The van der Waals surface area contributed by atoms with Crippen molar-refractivity contribution in [3.63, 3.8) is 0 Å². The molecule has 0 amide bonds. The van der Waals surface area contributed by atoms with Crippen LogP contribution in [0.15, 0.2) is 48.5 Å². The van der Waals surface area contributed by atoms with E-state index in [-0.39, 0.29) is 0 Å². The molecule has 0 unspecified atom stereocenters. The average molecular weight is 343 g/mol. The molecule has 1 aliphatic rings. The van der Waals surface area contributed by atoms with Crippen LogP contribution in [0.4, 0.5) is 0 Å². The number of ether oxygens (including phenoxy) is 1. The molecular formula is C22H27ClO.